The summed E-state index contributed by atoms with van der Waals surface area (Å²) >= 11 is 3.56. The Bertz CT molecular complexity index is 1530. The third-order valence-electron chi connectivity index (χ3n) is 8.55. The van der Waals surface area contributed by atoms with Gasteiger partial charge in [-0.15, -0.1) is 0 Å². The van der Waals surface area contributed by atoms with E-state index in [1.165, 1.54) is 0 Å². The van der Waals surface area contributed by atoms with Crippen LogP contribution in [0.25, 0.3) is 0 Å². The summed E-state index contributed by atoms with van der Waals surface area (Å²) < 4.78 is 28.7. The molecule has 0 unspecified atom stereocenters. The van der Waals surface area contributed by atoms with Crippen molar-refractivity contribution >= 4 is 53.2 Å². The zero-order valence-electron chi connectivity index (χ0n) is 23.1. The lowest BCUT2D eigenvalue weighted by Crippen LogP contribution is -2.45. The SMILES string of the molecule is C[C@H]1[C@H]([Si](C)(C)F)[C@@H](CCO)O[C@]12C(=O)N(Cc1cccc(N3C(=O)COc4ccccc43)c1)c1ccc(Br)cc12. The fourth-order valence-corrected chi connectivity index (χ4v) is 9.84. The van der Waals surface area contributed by atoms with Crippen molar-refractivity contribution < 1.29 is 28.3 Å². The third kappa shape index (κ3) is 4.52. The van der Waals surface area contributed by atoms with Gasteiger partial charge in [-0.25, -0.2) is 0 Å². The number of amides is 2. The first-order chi connectivity index (χ1) is 19.6. The van der Waals surface area contributed by atoms with Crippen molar-refractivity contribution in [2.75, 3.05) is 23.0 Å². The van der Waals surface area contributed by atoms with Crippen LogP contribution in [0.5, 0.6) is 5.75 Å². The van der Waals surface area contributed by atoms with Crippen LogP contribution < -0.4 is 14.5 Å². The molecule has 3 aromatic carbocycles. The van der Waals surface area contributed by atoms with Gasteiger partial charge in [0.1, 0.15) is 5.75 Å². The van der Waals surface area contributed by atoms with Crippen LogP contribution in [0.3, 0.4) is 0 Å². The predicted octanol–water partition coefficient (Wildman–Crippen LogP) is 6.21. The van der Waals surface area contributed by atoms with Gasteiger partial charge < -0.3 is 23.6 Å². The van der Waals surface area contributed by atoms with E-state index >= 15 is 4.11 Å². The molecule has 1 N–H and O–H groups in total. The molecular weight excluding hydrogens is 607 g/mol. The maximum absolute atomic E-state index is 15.7. The first kappa shape index (κ1) is 28.1. The maximum atomic E-state index is 15.7. The largest absolute Gasteiger partial charge is 0.482 e. The Labute approximate surface area is 248 Å². The lowest BCUT2D eigenvalue weighted by Gasteiger charge is -2.31. The number of carbonyl (C=O) groups excluding carboxylic acids is 2. The molecule has 3 aliphatic rings. The molecule has 2 amide bonds. The molecule has 1 spiro atoms. The first-order valence-electron chi connectivity index (χ1n) is 13.8. The van der Waals surface area contributed by atoms with Crippen LogP contribution in [0.1, 0.15) is 24.5 Å². The quantitative estimate of drug-likeness (QED) is 0.257. The number of halogens is 2. The molecule has 6 rings (SSSR count). The summed E-state index contributed by atoms with van der Waals surface area (Å²) in [7, 11) is -3.27. The summed E-state index contributed by atoms with van der Waals surface area (Å²) in [6.45, 7) is 5.24. The van der Waals surface area contributed by atoms with Gasteiger partial charge in [0.05, 0.1) is 24.0 Å². The van der Waals surface area contributed by atoms with E-state index in [2.05, 4.69) is 15.9 Å². The van der Waals surface area contributed by atoms with Gasteiger partial charge in [-0.3, -0.25) is 14.5 Å². The zero-order chi connectivity index (χ0) is 29.1. The van der Waals surface area contributed by atoms with E-state index in [0.717, 1.165) is 10.0 Å². The maximum Gasteiger partial charge on any atom is 0.269 e. The molecule has 41 heavy (non-hydrogen) atoms. The van der Waals surface area contributed by atoms with Crippen molar-refractivity contribution in [3.05, 3.63) is 82.3 Å². The van der Waals surface area contributed by atoms with Crippen molar-refractivity contribution in [1.29, 1.82) is 0 Å². The molecular formula is C31H32BrFN2O5Si. The van der Waals surface area contributed by atoms with Crippen LogP contribution in [-0.2, 0) is 26.5 Å². The van der Waals surface area contributed by atoms with E-state index < -0.39 is 31.6 Å². The van der Waals surface area contributed by atoms with Crippen LogP contribution in [0, 0.1) is 5.92 Å². The molecule has 7 nitrogen and oxygen atoms in total. The van der Waals surface area contributed by atoms with Crippen LogP contribution in [-0.4, -0.2) is 44.6 Å². The van der Waals surface area contributed by atoms with Crippen molar-refractivity contribution in [3.8, 4) is 5.75 Å². The summed E-state index contributed by atoms with van der Waals surface area (Å²) in [5.41, 5.74) is 1.79. The summed E-state index contributed by atoms with van der Waals surface area (Å²) in [5.74, 6) is -0.211. The normalized spacial score (nSPS) is 25.5. The predicted molar refractivity (Wildman–Crippen MR) is 161 cm³/mol. The number of rotatable bonds is 6. The van der Waals surface area contributed by atoms with Crippen LogP contribution in [0.2, 0.25) is 18.6 Å². The van der Waals surface area contributed by atoms with Gasteiger partial charge in [-0.1, -0.05) is 47.1 Å². The third-order valence-corrected chi connectivity index (χ3v) is 11.5. The fraction of sp³-hybridized carbons (Fsp3) is 0.355. The minimum Gasteiger partial charge on any atom is -0.482 e. The Morgan fingerprint density at radius 1 is 1.07 bits per heavy atom. The number of benzene rings is 3. The highest BCUT2D eigenvalue weighted by Gasteiger charge is 2.66. The average molecular weight is 640 g/mol. The average Bonchev–Trinajstić information content (AvgIpc) is 3.35. The van der Waals surface area contributed by atoms with E-state index in [1.54, 1.807) is 22.9 Å². The second-order valence-electron chi connectivity index (χ2n) is 11.5. The van der Waals surface area contributed by atoms with Crippen molar-refractivity contribution in [2.45, 2.75) is 50.2 Å². The number of hydrogen-bond donors (Lipinski definition) is 1. The van der Waals surface area contributed by atoms with Gasteiger partial charge in [-0.05, 0) is 67.5 Å². The number of nitrogens with zero attached hydrogens (tertiary/aromatic N) is 2. The van der Waals surface area contributed by atoms with Crippen molar-refractivity contribution in [3.63, 3.8) is 0 Å². The molecule has 0 aliphatic carbocycles. The second-order valence-corrected chi connectivity index (χ2v) is 16.2. The van der Waals surface area contributed by atoms with Gasteiger partial charge in [0.15, 0.2) is 12.2 Å². The number of carbonyl (C=O) groups is 2. The van der Waals surface area contributed by atoms with E-state index in [-0.39, 0.29) is 38.0 Å². The Morgan fingerprint density at radius 3 is 2.61 bits per heavy atom. The standard InChI is InChI=1S/C31H32BrFN2O5Si/c1-19-29(41(2,3)33)27(13-14-36)40-31(19)23-16-21(32)11-12-24(23)34(30(31)38)17-20-7-6-8-22(15-20)35-25-9-4-5-10-26(25)39-18-28(35)37/h4-12,15-16,19,27,29,36H,13-14,17-18H2,1-3H3/t19-,27+,29-,31+/m0/s1. The highest BCUT2D eigenvalue weighted by Crippen LogP contribution is 2.60. The van der Waals surface area contributed by atoms with Gasteiger partial charge in [0.25, 0.3) is 11.8 Å². The Balaban J connectivity index is 1.39. The Morgan fingerprint density at radius 2 is 1.85 bits per heavy atom. The van der Waals surface area contributed by atoms with Gasteiger partial charge in [0.2, 0.25) is 8.41 Å². The van der Waals surface area contributed by atoms with E-state index in [4.69, 9.17) is 9.47 Å². The summed E-state index contributed by atoms with van der Waals surface area (Å²) in [5, 5.41) is 9.77. The minimum atomic E-state index is -3.27. The molecule has 3 aliphatic heterocycles. The van der Waals surface area contributed by atoms with Gasteiger partial charge in [0, 0.05) is 33.8 Å². The second kappa shape index (κ2) is 10.3. The summed E-state index contributed by atoms with van der Waals surface area (Å²) in [6.07, 6.45) is -0.293. The number of anilines is 3. The van der Waals surface area contributed by atoms with Crippen molar-refractivity contribution in [2.24, 2.45) is 5.92 Å². The topological polar surface area (TPSA) is 79.3 Å². The molecule has 1 saturated heterocycles. The van der Waals surface area contributed by atoms with Crippen LogP contribution >= 0.6 is 15.9 Å². The fourth-order valence-electron chi connectivity index (χ4n) is 6.94. The first-order valence-corrected chi connectivity index (χ1v) is 17.5. The monoisotopic (exact) mass is 638 g/mol. The Hall–Kier alpha value is -3.05. The van der Waals surface area contributed by atoms with E-state index in [0.29, 0.717) is 28.4 Å². The lowest BCUT2D eigenvalue weighted by atomic mass is 9.82. The highest BCUT2D eigenvalue weighted by molar-refractivity contribution is 9.10. The van der Waals surface area contributed by atoms with Crippen molar-refractivity contribution in [1.82, 2.24) is 0 Å². The number of ether oxygens (including phenoxy) is 2. The lowest BCUT2D eigenvalue weighted by molar-refractivity contribution is -0.146. The molecule has 4 atom stereocenters. The number of aliphatic hydroxyl groups is 1. The minimum absolute atomic E-state index is 0.0593. The van der Waals surface area contributed by atoms with E-state index in [9.17, 15) is 14.7 Å². The number of fused-ring (bicyclic) bond motifs is 3. The summed E-state index contributed by atoms with van der Waals surface area (Å²) in [4.78, 5) is 30.8. The highest BCUT2D eigenvalue weighted by atomic mass is 79.9. The molecule has 0 radical (unpaired) electrons. The van der Waals surface area contributed by atoms with Crippen LogP contribution in [0.4, 0.5) is 21.2 Å². The molecule has 214 valence electrons. The molecule has 0 bridgehead atoms. The molecule has 10 heteroatoms. The Kier molecular flexibility index (Phi) is 7.08. The molecule has 3 heterocycles. The number of para-hydroxylation sites is 2. The molecule has 0 saturated carbocycles. The van der Waals surface area contributed by atoms with E-state index in [1.807, 2.05) is 73.7 Å². The smallest absolute Gasteiger partial charge is 0.269 e. The zero-order valence-corrected chi connectivity index (χ0v) is 25.7. The molecule has 0 aromatic heterocycles. The molecule has 1 fully saturated rings. The van der Waals surface area contributed by atoms with Gasteiger partial charge in [-0.2, -0.15) is 0 Å². The van der Waals surface area contributed by atoms with Crippen LogP contribution in [0.15, 0.2) is 71.2 Å². The molecule has 3 aromatic rings. The van der Waals surface area contributed by atoms with Gasteiger partial charge >= 0.3 is 0 Å². The summed E-state index contributed by atoms with van der Waals surface area (Å²) in [6, 6.07) is 20.6. The number of aliphatic hydroxyl groups excluding tert-OH is 1. The number of hydrogen-bond acceptors (Lipinski definition) is 5.